The van der Waals surface area contributed by atoms with E-state index in [1.54, 1.807) is 16.2 Å². The van der Waals surface area contributed by atoms with Crippen molar-refractivity contribution in [3.8, 4) is 0 Å². The van der Waals surface area contributed by atoms with Crippen molar-refractivity contribution in [2.75, 3.05) is 6.54 Å². The predicted molar refractivity (Wildman–Crippen MR) is 80.7 cm³/mol. The van der Waals surface area contributed by atoms with E-state index in [2.05, 4.69) is 11.4 Å². The van der Waals surface area contributed by atoms with E-state index >= 15 is 0 Å². The summed E-state index contributed by atoms with van der Waals surface area (Å²) in [5.41, 5.74) is -0.765. The van der Waals surface area contributed by atoms with Crippen molar-refractivity contribution in [1.29, 1.82) is 0 Å². The van der Waals surface area contributed by atoms with Gasteiger partial charge in [0.1, 0.15) is 11.6 Å². The summed E-state index contributed by atoms with van der Waals surface area (Å²) in [6.07, 6.45) is 2.39. The monoisotopic (exact) mass is 294 g/mol. The zero-order chi connectivity index (χ0) is 14.8. The van der Waals surface area contributed by atoms with E-state index in [9.17, 15) is 9.59 Å². The lowest BCUT2D eigenvalue weighted by Gasteiger charge is -2.44. The van der Waals surface area contributed by atoms with Crippen LogP contribution in [-0.2, 0) is 16.0 Å². The van der Waals surface area contributed by atoms with Crippen molar-refractivity contribution in [3.05, 3.63) is 22.4 Å². The molecule has 0 spiro atoms. The van der Waals surface area contributed by atoms with Crippen LogP contribution in [0, 0.1) is 0 Å². The topological polar surface area (TPSA) is 49.4 Å². The zero-order valence-electron chi connectivity index (χ0n) is 12.3. The van der Waals surface area contributed by atoms with Crippen molar-refractivity contribution >= 4 is 23.2 Å². The first-order chi connectivity index (χ1) is 9.46. The van der Waals surface area contributed by atoms with Gasteiger partial charge in [-0.15, -0.1) is 11.3 Å². The van der Waals surface area contributed by atoms with Crippen LogP contribution in [0.5, 0.6) is 0 Å². The maximum absolute atomic E-state index is 12.6. The van der Waals surface area contributed by atoms with Crippen LogP contribution in [0.15, 0.2) is 17.5 Å². The van der Waals surface area contributed by atoms with Gasteiger partial charge in [-0.05, 0) is 38.1 Å². The summed E-state index contributed by atoms with van der Waals surface area (Å²) < 4.78 is 0. The Hall–Kier alpha value is -1.36. The van der Waals surface area contributed by atoms with E-state index in [4.69, 9.17) is 0 Å². The second-order valence-corrected chi connectivity index (χ2v) is 6.73. The van der Waals surface area contributed by atoms with Crippen LogP contribution in [0.1, 0.15) is 38.5 Å². The minimum Gasteiger partial charge on any atom is -0.342 e. The Balaban J connectivity index is 2.12. The maximum Gasteiger partial charge on any atom is 0.246 e. The van der Waals surface area contributed by atoms with E-state index in [0.717, 1.165) is 12.8 Å². The highest BCUT2D eigenvalue weighted by Crippen LogP contribution is 2.23. The third kappa shape index (κ3) is 2.87. The lowest BCUT2D eigenvalue weighted by Crippen LogP contribution is -2.68. The molecular formula is C15H22N2O2S. The molecule has 1 aromatic heterocycles. The molecule has 1 saturated heterocycles. The molecule has 1 aliphatic rings. The summed E-state index contributed by atoms with van der Waals surface area (Å²) >= 11 is 1.69. The third-order valence-corrected chi connectivity index (χ3v) is 4.78. The third-order valence-electron chi connectivity index (χ3n) is 3.84. The molecular weight excluding hydrogens is 272 g/mol. The summed E-state index contributed by atoms with van der Waals surface area (Å²) in [4.78, 5) is 27.8. The smallest absolute Gasteiger partial charge is 0.246 e. The van der Waals surface area contributed by atoms with Crippen LogP contribution in [-0.4, -0.2) is 34.8 Å². The quantitative estimate of drug-likeness (QED) is 0.905. The summed E-state index contributed by atoms with van der Waals surface area (Å²) in [6.45, 7) is 6.25. The largest absolute Gasteiger partial charge is 0.342 e. The van der Waals surface area contributed by atoms with Gasteiger partial charge in [-0.2, -0.15) is 0 Å². The van der Waals surface area contributed by atoms with Gasteiger partial charge < -0.3 is 10.2 Å². The van der Waals surface area contributed by atoms with Crippen LogP contribution in [0.2, 0.25) is 0 Å². The highest BCUT2D eigenvalue weighted by molar-refractivity contribution is 7.09. The van der Waals surface area contributed by atoms with Crippen molar-refractivity contribution in [3.63, 3.8) is 0 Å². The van der Waals surface area contributed by atoms with Gasteiger partial charge in [-0.3, -0.25) is 9.59 Å². The number of piperazine rings is 1. The molecule has 0 radical (unpaired) electrons. The van der Waals surface area contributed by atoms with Crippen LogP contribution < -0.4 is 5.32 Å². The summed E-state index contributed by atoms with van der Waals surface area (Å²) in [5, 5.41) is 4.89. The maximum atomic E-state index is 12.6. The average Bonchev–Trinajstić information content (AvgIpc) is 2.89. The molecule has 1 fully saturated rings. The van der Waals surface area contributed by atoms with E-state index in [1.807, 2.05) is 32.2 Å². The van der Waals surface area contributed by atoms with Gasteiger partial charge in [-0.25, -0.2) is 0 Å². The molecule has 1 unspecified atom stereocenters. The Morgan fingerprint density at radius 1 is 1.40 bits per heavy atom. The first kappa shape index (κ1) is 15.0. The molecule has 110 valence electrons. The molecule has 2 amide bonds. The molecule has 1 N–H and O–H groups in total. The number of carbonyl (C=O) groups excluding carboxylic acids is 2. The molecule has 0 bridgehead atoms. The number of thiophene rings is 1. The number of carbonyl (C=O) groups is 2. The Morgan fingerprint density at radius 2 is 2.15 bits per heavy atom. The molecule has 0 aromatic carbocycles. The predicted octanol–water partition coefficient (Wildman–Crippen LogP) is 2.20. The molecule has 1 aromatic rings. The lowest BCUT2D eigenvalue weighted by atomic mass is 9.94. The summed E-state index contributed by atoms with van der Waals surface area (Å²) in [6, 6.07) is 3.72. The van der Waals surface area contributed by atoms with E-state index in [0.29, 0.717) is 13.0 Å². The summed E-state index contributed by atoms with van der Waals surface area (Å²) in [5.74, 6) is -0.00487. The molecule has 0 saturated carbocycles. The van der Waals surface area contributed by atoms with E-state index in [1.165, 1.54) is 4.88 Å². The van der Waals surface area contributed by atoms with Gasteiger partial charge >= 0.3 is 0 Å². The first-order valence-electron chi connectivity index (χ1n) is 7.11. The Kier molecular flexibility index (Phi) is 4.48. The van der Waals surface area contributed by atoms with Crippen molar-refractivity contribution in [2.45, 2.75) is 51.6 Å². The Morgan fingerprint density at radius 3 is 2.75 bits per heavy atom. The number of rotatable bonds is 5. The fourth-order valence-electron chi connectivity index (χ4n) is 2.53. The Labute approximate surface area is 124 Å². The van der Waals surface area contributed by atoms with Gasteiger partial charge in [0.15, 0.2) is 0 Å². The van der Waals surface area contributed by atoms with Crippen LogP contribution in [0.25, 0.3) is 0 Å². The second-order valence-electron chi connectivity index (χ2n) is 5.69. The second kappa shape index (κ2) is 5.95. The minimum absolute atomic E-state index is 0.0491. The molecule has 1 atom stereocenters. The highest BCUT2D eigenvalue weighted by atomic mass is 32.1. The molecule has 20 heavy (non-hydrogen) atoms. The lowest BCUT2D eigenvalue weighted by molar-refractivity contribution is -0.155. The Bertz CT molecular complexity index is 482. The summed E-state index contributed by atoms with van der Waals surface area (Å²) in [7, 11) is 0. The highest BCUT2D eigenvalue weighted by Gasteiger charge is 2.45. The van der Waals surface area contributed by atoms with E-state index in [-0.39, 0.29) is 17.9 Å². The minimum atomic E-state index is -0.765. The number of hydrogen-bond donors (Lipinski definition) is 1. The van der Waals surface area contributed by atoms with Gasteiger partial charge in [-0.1, -0.05) is 19.4 Å². The molecule has 5 heteroatoms. The molecule has 4 nitrogen and oxygen atoms in total. The number of amides is 2. The van der Waals surface area contributed by atoms with Crippen LogP contribution in [0.3, 0.4) is 0 Å². The first-order valence-corrected chi connectivity index (χ1v) is 7.99. The standard InChI is InChI=1S/C15H22N2O2S/c1-4-6-12-13(18)17(15(2,3)14(19)16-12)9-8-11-7-5-10-20-11/h5,7,10,12H,4,6,8-9H2,1-3H3,(H,16,19). The molecule has 2 heterocycles. The van der Waals surface area contributed by atoms with Crippen LogP contribution >= 0.6 is 11.3 Å². The molecule has 2 rings (SSSR count). The van der Waals surface area contributed by atoms with Crippen LogP contribution in [0.4, 0.5) is 0 Å². The number of nitrogens with zero attached hydrogens (tertiary/aromatic N) is 1. The van der Waals surface area contributed by atoms with Gasteiger partial charge in [0, 0.05) is 11.4 Å². The molecule has 0 aliphatic carbocycles. The van der Waals surface area contributed by atoms with Crippen molar-refractivity contribution in [2.24, 2.45) is 0 Å². The van der Waals surface area contributed by atoms with Gasteiger partial charge in [0.25, 0.3) is 0 Å². The SMILES string of the molecule is CCCC1NC(=O)C(C)(C)N(CCc2cccs2)C1=O. The fraction of sp³-hybridized carbons (Fsp3) is 0.600. The van der Waals surface area contributed by atoms with E-state index < -0.39 is 5.54 Å². The van der Waals surface area contributed by atoms with Crippen molar-refractivity contribution in [1.82, 2.24) is 10.2 Å². The van der Waals surface area contributed by atoms with Gasteiger partial charge in [0.05, 0.1) is 0 Å². The zero-order valence-corrected chi connectivity index (χ0v) is 13.1. The fourth-order valence-corrected chi connectivity index (χ4v) is 3.23. The molecule has 1 aliphatic heterocycles. The number of hydrogen-bond acceptors (Lipinski definition) is 3. The number of nitrogens with one attached hydrogen (secondary N) is 1. The average molecular weight is 294 g/mol. The van der Waals surface area contributed by atoms with Gasteiger partial charge in [0.2, 0.25) is 11.8 Å². The van der Waals surface area contributed by atoms with Crippen molar-refractivity contribution < 1.29 is 9.59 Å². The normalized spacial score (nSPS) is 21.9.